The molecular formula is C48H66Na2O14S4. The maximum atomic E-state index is 12.2. The third-order valence-corrected chi connectivity index (χ3v) is 14.8. The Balaban J connectivity index is 0.000000661. The van der Waals surface area contributed by atoms with Gasteiger partial charge in [-0.05, 0) is 73.2 Å². The third-order valence-electron chi connectivity index (χ3n) is 10.7. The summed E-state index contributed by atoms with van der Waals surface area (Å²) in [5.41, 5.74) is 0.588. The van der Waals surface area contributed by atoms with Crippen molar-refractivity contribution < 1.29 is 120 Å². The van der Waals surface area contributed by atoms with Gasteiger partial charge in [0, 0.05) is 0 Å². The van der Waals surface area contributed by atoms with Crippen LogP contribution >= 0.6 is 0 Å². The van der Waals surface area contributed by atoms with E-state index in [2.05, 4.69) is 22.5 Å². The van der Waals surface area contributed by atoms with E-state index in [4.69, 9.17) is 9.78 Å². The molecule has 0 aliphatic heterocycles. The molecule has 0 amide bonds. The number of unbranched alkanes of at least 4 members (excludes halogenated alkanes) is 18. The monoisotopic (exact) mass is 1040 g/mol. The molecule has 14 nitrogen and oxygen atoms in total. The van der Waals surface area contributed by atoms with E-state index in [1.165, 1.54) is 162 Å². The van der Waals surface area contributed by atoms with E-state index in [-0.39, 0.29) is 68.9 Å². The molecule has 0 N–H and O–H groups in total. The molecule has 68 heavy (non-hydrogen) atoms. The SMILES string of the molecule is CCCCCCCCCCCCc1cccc(OOS(=O)(=O)c2ccccc2)c1S(=O)(=O)[O-].CCCCCCCCCCCCc1cccc(OOS(=O)(=O)c2ccccc2)c1S(=O)(=O)[O-].[Na+].[Na+]. The van der Waals surface area contributed by atoms with Crippen molar-refractivity contribution in [2.24, 2.45) is 0 Å². The second-order valence-corrected chi connectivity index (χ2v) is 21.8. The normalized spacial score (nSPS) is 11.7. The van der Waals surface area contributed by atoms with Gasteiger partial charge in [-0.3, -0.25) is 0 Å². The Labute approximate surface area is 450 Å². The molecule has 0 spiro atoms. The molecule has 0 aliphatic rings. The average Bonchev–Trinajstić information content (AvgIpc) is 3.29. The fraction of sp³-hybridized carbons (Fsp3) is 0.500. The van der Waals surface area contributed by atoms with Gasteiger partial charge in [0.15, 0.2) is 11.5 Å². The van der Waals surface area contributed by atoms with E-state index in [0.29, 0.717) is 36.8 Å². The maximum absolute atomic E-state index is 12.2. The molecule has 0 unspecified atom stereocenters. The summed E-state index contributed by atoms with van der Waals surface area (Å²) < 4.78 is 130. The van der Waals surface area contributed by atoms with E-state index in [9.17, 15) is 42.8 Å². The molecule has 0 heterocycles. The Morgan fingerprint density at radius 2 is 0.647 bits per heavy atom. The predicted molar refractivity (Wildman–Crippen MR) is 251 cm³/mol. The topological polar surface area (TPSA) is 220 Å². The molecule has 4 aromatic carbocycles. The largest absolute Gasteiger partial charge is 1.00 e. The summed E-state index contributed by atoms with van der Waals surface area (Å²) in [6, 6.07) is 23.1. The molecule has 0 bridgehead atoms. The predicted octanol–water partition coefficient (Wildman–Crippen LogP) is 5.51. The first kappa shape index (κ1) is 64.1. The van der Waals surface area contributed by atoms with E-state index in [1.54, 1.807) is 12.1 Å². The zero-order chi connectivity index (χ0) is 48.3. The standard InChI is InChI=1S/2C24H34O7S2.2Na/c2*1-2-3-4-5-6-7-8-9-10-12-16-21-17-15-20-23(24(21)32(25,26)27)30-31-33(28,29)22-18-13-11-14-19-22;;/h2*11,13-15,17-20H,2-10,12,16H2,1H3,(H,25,26,27);;/q;;2*+1/p-2. The summed E-state index contributed by atoms with van der Waals surface area (Å²) in [4.78, 5) is 8.24. The summed E-state index contributed by atoms with van der Waals surface area (Å²) in [7, 11) is -18.4. The van der Waals surface area contributed by atoms with Crippen LogP contribution in [0.2, 0.25) is 0 Å². The van der Waals surface area contributed by atoms with Gasteiger partial charge in [0.25, 0.3) is 0 Å². The van der Waals surface area contributed by atoms with E-state index < -0.39 is 61.8 Å². The molecule has 0 saturated carbocycles. The Morgan fingerprint density at radius 1 is 0.368 bits per heavy atom. The van der Waals surface area contributed by atoms with E-state index in [0.717, 1.165) is 38.5 Å². The third kappa shape index (κ3) is 24.5. The smallest absolute Gasteiger partial charge is 0.744 e. The van der Waals surface area contributed by atoms with Crippen LogP contribution in [0.4, 0.5) is 0 Å². The van der Waals surface area contributed by atoms with Crippen LogP contribution in [0.1, 0.15) is 153 Å². The van der Waals surface area contributed by atoms with Gasteiger partial charge in [0.05, 0.1) is 9.79 Å². The quantitative estimate of drug-likeness (QED) is 0.0194. The molecular weight excluding hydrogens is 975 g/mol. The fourth-order valence-electron chi connectivity index (χ4n) is 7.24. The second kappa shape index (κ2) is 34.5. The average molecular weight is 1040 g/mol. The van der Waals surface area contributed by atoms with Crippen molar-refractivity contribution in [3.8, 4) is 11.5 Å². The van der Waals surface area contributed by atoms with Crippen molar-refractivity contribution in [3.05, 3.63) is 108 Å². The Hall–Kier alpha value is -1.88. The number of rotatable bonds is 32. The van der Waals surface area contributed by atoms with Gasteiger partial charge in [-0.25, -0.2) is 16.8 Å². The molecule has 368 valence electrons. The van der Waals surface area contributed by atoms with Crippen LogP contribution in [0.3, 0.4) is 0 Å². The minimum Gasteiger partial charge on any atom is -0.744 e. The Kier molecular flexibility index (Phi) is 32.5. The van der Waals surface area contributed by atoms with Crippen LogP contribution in [0, 0.1) is 0 Å². The molecule has 0 saturated heterocycles. The van der Waals surface area contributed by atoms with Gasteiger partial charge in [-0.1, -0.05) is 199 Å². The van der Waals surface area contributed by atoms with Crippen molar-refractivity contribution in [1.29, 1.82) is 0 Å². The zero-order valence-corrected chi connectivity index (χ0v) is 47.4. The van der Waals surface area contributed by atoms with Gasteiger partial charge >= 0.3 is 79.4 Å². The van der Waals surface area contributed by atoms with Gasteiger partial charge in [0.2, 0.25) is 0 Å². The number of hydrogen-bond donors (Lipinski definition) is 0. The summed E-state index contributed by atoms with van der Waals surface area (Å²) in [5.74, 6) is -0.872. The number of hydrogen-bond acceptors (Lipinski definition) is 14. The molecule has 0 radical (unpaired) electrons. The van der Waals surface area contributed by atoms with Crippen LogP contribution in [0.25, 0.3) is 0 Å². The summed E-state index contributed by atoms with van der Waals surface area (Å²) in [6.45, 7) is 4.40. The van der Waals surface area contributed by atoms with Crippen molar-refractivity contribution in [2.45, 2.75) is 175 Å². The van der Waals surface area contributed by atoms with Crippen molar-refractivity contribution in [3.63, 3.8) is 0 Å². The molecule has 0 aliphatic carbocycles. The molecule has 0 aromatic heterocycles. The first-order valence-electron chi connectivity index (χ1n) is 23.0. The van der Waals surface area contributed by atoms with Crippen LogP contribution in [0.5, 0.6) is 11.5 Å². The van der Waals surface area contributed by atoms with Gasteiger partial charge in [0.1, 0.15) is 30.0 Å². The van der Waals surface area contributed by atoms with Crippen LogP contribution in [0.15, 0.2) is 117 Å². The van der Waals surface area contributed by atoms with Gasteiger partial charge in [-0.15, -0.1) is 0 Å². The maximum Gasteiger partial charge on any atom is 1.00 e. The van der Waals surface area contributed by atoms with Crippen molar-refractivity contribution in [2.75, 3.05) is 0 Å². The first-order valence-corrected chi connectivity index (χ1v) is 28.6. The van der Waals surface area contributed by atoms with Crippen LogP contribution < -0.4 is 68.9 Å². The van der Waals surface area contributed by atoms with E-state index >= 15 is 0 Å². The Bertz CT molecular complexity index is 2280. The van der Waals surface area contributed by atoms with Gasteiger partial charge in [-0.2, -0.15) is 16.8 Å². The van der Waals surface area contributed by atoms with E-state index in [1.807, 2.05) is 0 Å². The molecule has 20 heteroatoms. The zero-order valence-electron chi connectivity index (χ0n) is 40.1. The molecule has 0 atom stereocenters. The summed E-state index contributed by atoms with van der Waals surface area (Å²) in [5, 5.41) is 0. The van der Waals surface area contributed by atoms with Crippen molar-refractivity contribution in [1.82, 2.24) is 0 Å². The fourth-order valence-corrected chi connectivity index (χ4v) is 10.4. The van der Waals surface area contributed by atoms with Crippen molar-refractivity contribution >= 4 is 40.5 Å². The molecule has 4 aromatic rings. The molecule has 4 rings (SSSR count). The number of benzene rings is 4. The summed E-state index contributed by atoms with van der Waals surface area (Å²) in [6.07, 6.45) is 23.4. The number of aryl methyl sites for hydroxylation is 2. The minimum absolute atomic E-state index is 0. The van der Waals surface area contributed by atoms with Crippen LogP contribution in [-0.2, 0) is 62.0 Å². The second-order valence-electron chi connectivity index (χ2n) is 16.1. The first-order chi connectivity index (χ1) is 31.5. The summed E-state index contributed by atoms with van der Waals surface area (Å²) >= 11 is 0. The Morgan fingerprint density at radius 3 is 0.926 bits per heavy atom. The van der Waals surface area contributed by atoms with Gasteiger partial charge < -0.3 is 18.9 Å². The minimum atomic E-state index is -4.91. The molecule has 0 fully saturated rings. The van der Waals surface area contributed by atoms with Crippen LogP contribution in [-0.4, -0.2) is 42.8 Å².